The average Bonchev–Trinajstić information content (AvgIpc) is 3.11. The van der Waals surface area contributed by atoms with E-state index in [9.17, 15) is 14.9 Å². The van der Waals surface area contributed by atoms with Gasteiger partial charge in [0.25, 0.3) is 10.9 Å². The van der Waals surface area contributed by atoms with Crippen LogP contribution < -0.4 is 5.32 Å². The number of hydrogen-bond acceptors (Lipinski definition) is 7. The van der Waals surface area contributed by atoms with E-state index in [0.29, 0.717) is 17.1 Å². The highest BCUT2D eigenvalue weighted by atomic mass is 79.9. The molecule has 138 valence electrons. The predicted octanol–water partition coefficient (Wildman–Crippen LogP) is 4.45. The van der Waals surface area contributed by atoms with Crippen molar-refractivity contribution in [1.82, 2.24) is 10.2 Å². The Kier molecular flexibility index (Phi) is 5.87. The second kappa shape index (κ2) is 8.31. The normalized spacial score (nSPS) is 10.6. The molecule has 0 saturated heterocycles. The first-order valence-electron chi connectivity index (χ1n) is 7.70. The van der Waals surface area contributed by atoms with E-state index >= 15 is 0 Å². The fraction of sp³-hybridized carbons (Fsp3) is 0.118. The van der Waals surface area contributed by atoms with E-state index < -0.39 is 4.92 Å². The molecular formula is C17H13BrN4O4S. The molecule has 0 aliphatic carbocycles. The van der Waals surface area contributed by atoms with E-state index in [1.54, 1.807) is 13.0 Å². The van der Waals surface area contributed by atoms with Gasteiger partial charge in [0.1, 0.15) is 0 Å². The van der Waals surface area contributed by atoms with Crippen molar-refractivity contribution in [1.29, 1.82) is 0 Å². The van der Waals surface area contributed by atoms with E-state index in [4.69, 9.17) is 4.42 Å². The van der Waals surface area contributed by atoms with Crippen molar-refractivity contribution >= 4 is 45.0 Å². The topological polar surface area (TPSA) is 111 Å². The Labute approximate surface area is 166 Å². The van der Waals surface area contributed by atoms with Gasteiger partial charge in [-0.1, -0.05) is 33.8 Å². The van der Waals surface area contributed by atoms with Crippen LogP contribution in [0.5, 0.6) is 0 Å². The molecule has 1 heterocycles. The standard InChI is InChI=1S/C17H13BrN4O4S/c1-10-13(3-2-4-14(10)22(24)25)19-15(23)9-27-17-21-20-16(26-17)11-5-7-12(18)8-6-11/h2-8H,9H2,1H3,(H,19,23). The molecule has 3 rings (SSSR count). The van der Waals surface area contributed by atoms with Gasteiger partial charge >= 0.3 is 0 Å². The lowest BCUT2D eigenvalue weighted by atomic mass is 10.1. The van der Waals surface area contributed by atoms with Crippen molar-refractivity contribution in [3.8, 4) is 11.5 Å². The lowest BCUT2D eigenvalue weighted by molar-refractivity contribution is -0.385. The molecule has 0 atom stereocenters. The molecule has 10 heteroatoms. The van der Waals surface area contributed by atoms with Crippen LogP contribution in [-0.2, 0) is 4.79 Å². The lowest BCUT2D eigenvalue weighted by Crippen LogP contribution is -2.15. The van der Waals surface area contributed by atoms with Crippen molar-refractivity contribution in [3.63, 3.8) is 0 Å². The molecule has 0 aliphatic heterocycles. The smallest absolute Gasteiger partial charge is 0.277 e. The Hall–Kier alpha value is -2.72. The number of nitro benzene ring substituents is 1. The summed E-state index contributed by atoms with van der Waals surface area (Å²) in [6.45, 7) is 1.59. The Morgan fingerprint density at radius 2 is 2.00 bits per heavy atom. The van der Waals surface area contributed by atoms with Gasteiger partial charge in [0.05, 0.1) is 21.9 Å². The van der Waals surface area contributed by atoms with Crippen LogP contribution in [-0.4, -0.2) is 26.8 Å². The molecule has 1 N–H and O–H groups in total. The summed E-state index contributed by atoms with van der Waals surface area (Å²) >= 11 is 4.44. The minimum absolute atomic E-state index is 0.0318. The Morgan fingerprint density at radius 1 is 1.26 bits per heavy atom. The maximum absolute atomic E-state index is 12.1. The third-order valence-corrected chi connectivity index (χ3v) is 4.95. The number of anilines is 1. The van der Waals surface area contributed by atoms with Crippen molar-refractivity contribution in [2.24, 2.45) is 0 Å². The number of thioether (sulfide) groups is 1. The first-order chi connectivity index (χ1) is 12.9. The van der Waals surface area contributed by atoms with Gasteiger partial charge in [0.15, 0.2) is 0 Å². The van der Waals surface area contributed by atoms with Crippen LogP contribution in [0.4, 0.5) is 11.4 Å². The van der Waals surface area contributed by atoms with Gasteiger partial charge in [0.2, 0.25) is 11.8 Å². The number of carbonyl (C=O) groups is 1. The third-order valence-electron chi connectivity index (χ3n) is 3.60. The number of halogens is 1. The highest BCUT2D eigenvalue weighted by molar-refractivity contribution is 9.10. The van der Waals surface area contributed by atoms with Crippen molar-refractivity contribution in [3.05, 3.63) is 62.6 Å². The molecular weight excluding hydrogens is 436 g/mol. The Balaban J connectivity index is 1.61. The molecule has 0 radical (unpaired) electrons. The number of hydrogen-bond donors (Lipinski definition) is 1. The number of carbonyl (C=O) groups excluding carboxylic acids is 1. The Bertz CT molecular complexity index is 991. The van der Waals surface area contributed by atoms with E-state index in [-0.39, 0.29) is 22.6 Å². The Morgan fingerprint density at radius 3 is 2.70 bits per heavy atom. The molecule has 0 fully saturated rings. The summed E-state index contributed by atoms with van der Waals surface area (Å²) in [6.07, 6.45) is 0. The van der Waals surface area contributed by atoms with E-state index in [0.717, 1.165) is 21.8 Å². The highest BCUT2D eigenvalue weighted by Crippen LogP contribution is 2.27. The van der Waals surface area contributed by atoms with Crippen LogP contribution in [0.15, 0.2) is 56.6 Å². The summed E-state index contributed by atoms with van der Waals surface area (Å²) < 4.78 is 6.48. The molecule has 2 aromatic carbocycles. The first-order valence-corrected chi connectivity index (χ1v) is 9.48. The van der Waals surface area contributed by atoms with Crippen LogP contribution in [0.2, 0.25) is 0 Å². The molecule has 27 heavy (non-hydrogen) atoms. The number of nitro groups is 1. The lowest BCUT2D eigenvalue weighted by Gasteiger charge is -2.07. The van der Waals surface area contributed by atoms with Crippen LogP contribution >= 0.6 is 27.7 Å². The maximum Gasteiger partial charge on any atom is 0.277 e. The summed E-state index contributed by atoms with van der Waals surface area (Å²) in [6, 6.07) is 11.9. The molecule has 8 nitrogen and oxygen atoms in total. The molecule has 0 spiro atoms. The molecule has 0 saturated carbocycles. The fourth-order valence-corrected chi connectivity index (χ4v) is 3.07. The van der Waals surface area contributed by atoms with Crippen LogP contribution in [0.25, 0.3) is 11.5 Å². The zero-order valence-corrected chi connectivity index (χ0v) is 16.4. The number of aromatic nitrogens is 2. The van der Waals surface area contributed by atoms with Crippen molar-refractivity contribution < 1.29 is 14.1 Å². The van der Waals surface area contributed by atoms with E-state index in [1.165, 1.54) is 12.1 Å². The van der Waals surface area contributed by atoms with Gasteiger partial charge in [-0.15, -0.1) is 10.2 Å². The molecule has 3 aromatic rings. The number of benzene rings is 2. The minimum atomic E-state index is -0.484. The van der Waals surface area contributed by atoms with Gasteiger partial charge in [-0.05, 0) is 37.3 Å². The van der Waals surface area contributed by atoms with Gasteiger partial charge in [-0.3, -0.25) is 14.9 Å². The zero-order valence-electron chi connectivity index (χ0n) is 14.0. The fourth-order valence-electron chi connectivity index (χ4n) is 2.25. The van der Waals surface area contributed by atoms with Crippen LogP contribution in [0, 0.1) is 17.0 Å². The highest BCUT2D eigenvalue weighted by Gasteiger charge is 2.16. The number of rotatable bonds is 6. The maximum atomic E-state index is 12.1. The zero-order chi connectivity index (χ0) is 19.4. The molecule has 0 unspecified atom stereocenters. The average molecular weight is 449 g/mol. The second-order valence-electron chi connectivity index (χ2n) is 5.42. The van der Waals surface area contributed by atoms with Crippen molar-refractivity contribution in [2.75, 3.05) is 11.1 Å². The molecule has 1 amide bonds. The summed E-state index contributed by atoms with van der Waals surface area (Å²) in [5.41, 5.74) is 1.53. The summed E-state index contributed by atoms with van der Waals surface area (Å²) in [7, 11) is 0. The molecule has 0 aliphatic rings. The van der Waals surface area contributed by atoms with Gasteiger partial charge in [0, 0.05) is 16.1 Å². The van der Waals surface area contributed by atoms with Gasteiger partial charge < -0.3 is 9.73 Å². The second-order valence-corrected chi connectivity index (χ2v) is 7.27. The number of nitrogens with zero attached hydrogens (tertiary/aromatic N) is 3. The summed E-state index contributed by atoms with van der Waals surface area (Å²) in [4.78, 5) is 22.6. The quantitative estimate of drug-likeness (QED) is 0.336. The van der Waals surface area contributed by atoms with E-state index in [2.05, 4.69) is 31.4 Å². The van der Waals surface area contributed by atoms with Crippen LogP contribution in [0.1, 0.15) is 5.56 Å². The largest absolute Gasteiger partial charge is 0.411 e. The molecule has 1 aromatic heterocycles. The van der Waals surface area contributed by atoms with Gasteiger partial charge in [-0.2, -0.15) is 0 Å². The number of amides is 1. The summed E-state index contributed by atoms with van der Waals surface area (Å²) in [5.74, 6) is 0.0660. The number of nitrogens with one attached hydrogen (secondary N) is 1. The first kappa shape index (κ1) is 19.1. The molecule has 0 bridgehead atoms. The third kappa shape index (κ3) is 4.72. The monoisotopic (exact) mass is 448 g/mol. The van der Waals surface area contributed by atoms with Crippen molar-refractivity contribution in [2.45, 2.75) is 12.1 Å². The van der Waals surface area contributed by atoms with Gasteiger partial charge in [-0.25, -0.2) is 0 Å². The van der Waals surface area contributed by atoms with Crippen LogP contribution in [0.3, 0.4) is 0 Å². The predicted molar refractivity (Wildman–Crippen MR) is 105 cm³/mol. The SMILES string of the molecule is Cc1c(NC(=O)CSc2nnc(-c3ccc(Br)cc3)o2)cccc1[N+](=O)[O-]. The van der Waals surface area contributed by atoms with E-state index in [1.807, 2.05) is 24.3 Å². The summed E-state index contributed by atoms with van der Waals surface area (Å²) in [5, 5.41) is 21.8. The minimum Gasteiger partial charge on any atom is -0.411 e.